The number of rotatable bonds is 0. The molecule has 3 heteroatoms. The van der Waals surface area contributed by atoms with Gasteiger partial charge in [0.05, 0.1) is 12.7 Å². The van der Waals surface area contributed by atoms with E-state index in [9.17, 15) is 4.79 Å². The molecule has 0 radical (unpaired) electrons. The first-order valence-corrected chi connectivity index (χ1v) is 3.34. The molecule has 0 N–H and O–H groups in total. The fourth-order valence-corrected chi connectivity index (χ4v) is 0.926. The smallest absolute Gasteiger partial charge is 0.152 e. The Morgan fingerprint density at radius 1 is 1.70 bits per heavy atom. The number of Topliss-reactive ketones (excluding diaryl/α,β-unsaturated/α-hetero) is 1. The molecule has 1 rings (SSSR count). The first-order valence-electron chi connectivity index (χ1n) is 3.34. The zero-order valence-electron chi connectivity index (χ0n) is 5.67. The molecule has 0 aromatic carbocycles. The topological polar surface area (TPSA) is 50.1 Å². The summed E-state index contributed by atoms with van der Waals surface area (Å²) in [5.41, 5.74) is 0. The first-order chi connectivity index (χ1) is 4.84. The number of hydrogen-bond acceptors (Lipinski definition) is 3. The van der Waals surface area contributed by atoms with Crippen LogP contribution in [0.4, 0.5) is 0 Å². The molecule has 1 saturated heterocycles. The van der Waals surface area contributed by atoms with E-state index in [4.69, 9.17) is 10.00 Å². The van der Waals surface area contributed by atoms with E-state index in [-0.39, 0.29) is 12.4 Å². The Labute approximate surface area is 59.6 Å². The monoisotopic (exact) mass is 139 g/mol. The normalized spacial score (nSPS) is 27.1. The van der Waals surface area contributed by atoms with E-state index in [2.05, 4.69) is 0 Å². The van der Waals surface area contributed by atoms with Gasteiger partial charge in [-0.2, -0.15) is 5.26 Å². The predicted molar refractivity (Wildman–Crippen MR) is 34.2 cm³/mol. The third kappa shape index (κ3) is 1.55. The van der Waals surface area contributed by atoms with Gasteiger partial charge in [-0.05, 0) is 6.42 Å². The van der Waals surface area contributed by atoms with Gasteiger partial charge in [-0.3, -0.25) is 4.79 Å². The lowest BCUT2D eigenvalue weighted by Gasteiger charge is -1.99. The summed E-state index contributed by atoms with van der Waals surface area (Å²) in [6.45, 7) is 0.902. The second kappa shape index (κ2) is 3.33. The third-order valence-corrected chi connectivity index (χ3v) is 1.54. The molecular formula is C7H9NO2. The van der Waals surface area contributed by atoms with Crippen molar-refractivity contribution in [3.05, 3.63) is 0 Å². The molecule has 0 amide bonds. The molecule has 1 fully saturated rings. The van der Waals surface area contributed by atoms with Crippen LogP contribution in [-0.2, 0) is 9.53 Å². The van der Waals surface area contributed by atoms with Crippen LogP contribution in [0, 0.1) is 17.2 Å². The van der Waals surface area contributed by atoms with Gasteiger partial charge in [-0.15, -0.1) is 0 Å². The maximum Gasteiger partial charge on any atom is 0.152 e. The number of ketones is 1. The molecule has 1 atom stereocenters. The van der Waals surface area contributed by atoms with E-state index in [0.717, 1.165) is 6.42 Å². The highest BCUT2D eigenvalue weighted by Gasteiger charge is 2.19. The van der Waals surface area contributed by atoms with Crippen molar-refractivity contribution < 1.29 is 9.53 Å². The van der Waals surface area contributed by atoms with E-state index in [0.29, 0.717) is 13.0 Å². The van der Waals surface area contributed by atoms with Crippen molar-refractivity contribution in [2.45, 2.75) is 12.8 Å². The molecule has 1 aliphatic rings. The molecule has 0 aromatic heterocycles. The highest BCUT2D eigenvalue weighted by molar-refractivity contribution is 5.83. The van der Waals surface area contributed by atoms with Crippen molar-refractivity contribution in [2.75, 3.05) is 13.2 Å². The molecule has 1 unspecified atom stereocenters. The quantitative estimate of drug-likeness (QED) is 0.491. The van der Waals surface area contributed by atoms with Crippen LogP contribution in [-0.4, -0.2) is 19.0 Å². The van der Waals surface area contributed by atoms with Crippen molar-refractivity contribution in [3.63, 3.8) is 0 Å². The maximum atomic E-state index is 10.9. The second-order valence-electron chi connectivity index (χ2n) is 2.33. The summed E-state index contributed by atoms with van der Waals surface area (Å²) in [4.78, 5) is 10.9. The Hall–Kier alpha value is -0.880. The van der Waals surface area contributed by atoms with Crippen molar-refractivity contribution in [2.24, 2.45) is 5.92 Å². The summed E-state index contributed by atoms with van der Waals surface area (Å²) in [7, 11) is 0. The molecule has 54 valence electrons. The van der Waals surface area contributed by atoms with Crippen molar-refractivity contribution in [3.8, 4) is 6.07 Å². The van der Waals surface area contributed by atoms with Gasteiger partial charge < -0.3 is 4.74 Å². The van der Waals surface area contributed by atoms with Gasteiger partial charge >= 0.3 is 0 Å². The van der Waals surface area contributed by atoms with Crippen molar-refractivity contribution >= 4 is 5.78 Å². The number of carbonyl (C=O) groups excluding carboxylic acids is 1. The molecule has 10 heavy (non-hydrogen) atoms. The van der Waals surface area contributed by atoms with Crippen LogP contribution in [0.2, 0.25) is 0 Å². The van der Waals surface area contributed by atoms with Crippen molar-refractivity contribution in [1.82, 2.24) is 0 Å². The Kier molecular flexibility index (Phi) is 2.41. The molecule has 3 nitrogen and oxygen atoms in total. The zero-order valence-corrected chi connectivity index (χ0v) is 5.67. The van der Waals surface area contributed by atoms with Crippen LogP contribution >= 0.6 is 0 Å². The molecule has 0 saturated carbocycles. The number of nitrogens with zero attached hydrogens (tertiary/aromatic N) is 1. The average molecular weight is 139 g/mol. The zero-order chi connectivity index (χ0) is 7.40. The van der Waals surface area contributed by atoms with E-state index >= 15 is 0 Å². The van der Waals surface area contributed by atoms with Crippen LogP contribution in [0.1, 0.15) is 12.8 Å². The van der Waals surface area contributed by atoms with Crippen LogP contribution in [0.3, 0.4) is 0 Å². The highest BCUT2D eigenvalue weighted by Crippen LogP contribution is 2.08. The summed E-state index contributed by atoms with van der Waals surface area (Å²) in [5, 5.41) is 8.44. The van der Waals surface area contributed by atoms with Crippen LogP contribution in [0.5, 0.6) is 0 Å². The second-order valence-corrected chi connectivity index (χ2v) is 2.33. The lowest BCUT2D eigenvalue weighted by atomic mass is 10.0. The summed E-state index contributed by atoms with van der Waals surface area (Å²) in [6, 6.07) is 1.92. The van der Waals surface area contributed by atoms with E-state index in [1.807, 2.05) is 6.07 Å². The van der Waals surface area contributed by atoms with Gasteiger partial charge in [0.1, 0.15) is 5.92 Å². The molecule has 0 bridgehead atoms. The molecule has 0 spiro atoms. The number of carbonyl (C=O) groups is 1. The van der Waals surface area contributed by atoms with Gasteiger partial charge in [0.2, 0.25) is 0 Å². The number of nitriles is 1. The van der Waals surface area contributed by atoms with Crippen LogP contribution < -0.4 is 0 Å². The first kappa shape index (κ1) is 7.23. The summed E-state index contributed by atoms with van der Waals surface area (Å²) >= 11 is 0. The van der Waals surface area contributed by atoms with Crippen LogP contribution in [0.25, 0.3) is 0 Å². The summed E-state index contributed by atoms with van der Waals surface area (Å²) in [5.74, 6) is -0.484. The van der Waals surface area contributed by atoms with Crippen LogP contribution in [0.15, 0.2) is 0 Å². The lowest BCUT2D eigenvalue weighted by Crippen LogP contribution is -2.14. The molecule has 0 aromatic rings. The summed E-state index contributed by atoms with van der Waals surface area (Å²) in [6.07, 6.45) is 1.26. The van der Waals surface area contributed by atoms with Crippen molar-refractivity contribution in [1.29, 1.82) is 5.26 Å². The maximum absolute atomic E-state index is 10.9. The molecule has 1 heterocycles. The van der Waals surface area contributed by atoms with Gasteiger partial charge in [0.15, 0.2) is 5.78 Å². The van der Waals surface area contributed by atoms with Gasteiger partial charge in [0.25, 0.3) is 0 Å². The van der Waals surface area contributed by atoms with E-state index < -0.39 is 5.92 Å². The highest BCUT2D eigenvalue weighted by atomic mass is 16.5. The van der Waals surface area contributed by atoms with Gasteiger partial charge in [-0.25, -0.2) is 0 Å². The number of hydrogen-bond donors (Lipinski definition) is 0. The molecule has 0 aliphatic carbocycles. The third-order valence-electron chi connectivity index (χ3n) is 1.54. The minimum atomic E-state index is -0.512. The SMILES string of the molecule is N#CC1COCCCC1=O. The summed E-state index contributed by atoms with van der Waals surface area (Å²) < 4.78 is 5.03. The number of ether oxygens (including phenoxy) is 1. The lowest BCUT2D eigenvalue weighted by molar-refractivity contribution is -0.121. The average Bonchev–Trinajstić information content (AvgIpc) is 2.13. The Morgan fingerprint density at radius 2 is 2.50 bits per heavy atom. The molecule has 1 aliphatic heterocycles. The Balaban J connectivity index is 2.54. The predicted octanol–water partition coefficient (Wildman–Crippen LogP) is 0.506. The Bertz CT molecular complexity index is 171. The van der Waals surface area contributed by atoms with E-state index in [1.165, 1.54) is 0 Å². The van der Waals surface area contributed by atoms with E-state index in [1.54, 1.807) is 0 Å². The Morgan fingerprint density at radius 3 is 3.20 bits per heavy atom. The largest absolute Gasteiger partial charge is 0.380 e. The van der Waals surface area contributed by atoms with Gasteiger partial charge in [-0.1, -0.05) is 0 Å². The van der Waals surface area contributed by atoms with Gasteiger partial charge in [0, 0.05) is 13.0 Å². The standard InChI is InChI=1S/C7H9NO2/c8-4-6-5-10-3-1-2-7(6)9/h6H,1-3,5H2. The molecular weight excluding hydrogens is 130 g/mol. The fraction of sp³-hybridized carbons (Fsp3) is 0.714. The minimum Gasteiger partial charge on any atom is -0.380 e. The fourth-order valence-electron chi connectivity index (χ4n) is 0.926. The minimum absolute atomic E-state index is 0.0278.